The maximum absolute atomic E-state index is 9.48. The first-order valence-electron chi connectivity index (χ1n) is 7.89. The van der Waals surface area contributed by atoms with Gasteiger partial charge in [0, 0.05) is 56.0 Å². The van der Waals surface area contributed by atoms with Crippen LogP contribution in [0.4, 0.5) is 5.82 Å². The SMILES string of the molecule is N#Cc1cc(-c2ccnc(-n3ccnc3)c2)[nH]c1N1CCNCC1. The number of rotatable bonds is 3. The number of pyridine rings is 1. The van der Waals surface area contributed by atoms with E-state index in [1.165, 1.54) is 0 Å². The van der Waals surface area contributed by atoms with Crippen LogP contribution in [0.2, 0.25) is 0 Å². The first kappa shape index (κ1) is 14.5. The Bertz CT molecular complexity index is 867. The fraction of sp³-hybridized carbons (Fsp3) is 0.235. The molecule has 24 heavy (non-hydrogen) atoms. The van der Waals surface area contributed by atoms with Crippen molar-refractivity contribution in [3.63, 3.8) is 0 Å². The minimum atomic E-state index is 0.674. The third-order valence-corrected chi connectivity index (χ3v) is 4.18. The van der Waals surface area contributed by atoms with E-state index in [4.69, 9.17) is 0 Å². The highest BCUT2D eigenvalue weighted by Gasteiger charge is 2.18. The predicted octanol–water partition coefficient (Wildman–Crippen LogP) is 1.54. The van der Waals surface area contributed by atoms with Gasteiger partial charge in [0.1, 0.15) is 24.0 Å². The van der Waals surface area contributed by atoms with Crippen LogP contribution in [-0.4, -0.2) is 45.7 Å². The molecule has 0 unspecified atom stereocenters. The highest BCUT2D eigenvalue weighted by molar-refractivity contribution is 5.70. The molecule has 120 valence electrons. The Morgan fingerprint density at radius 1 is 1.17 bits per heavy atom. The molecule has 0 atom stereocenters. The molecule has 0 saturated carbocycles. The molecule has 0 aromatic carbocycles. The van der Waals surface area contributed by atoms with Crippen molar-refractivity contribution in [2.75, 3.05) is 31.1 Å². The molecular weight excluding hydrogens is 302 g/mol. The van der Waals surface area contributed by atoms with Crippen molar-refractivity contribution in [1.29, 1.82) is 5.26 Å². The highest BCUT2D eigenvalue weighted by atomic mass is 15.2. The van der Waals surface area contributed by atoms with Crippen molar-refractivity contribution < 1.29 is 0 Å². The van der Waals surface area contributed by atoms with Crippen LogP contribution in [0, 0.1) is 11.3 Å². The van der Waals surface area contributed by atoms with Crippen molar-refractivity contribution in [3.05, 3.63) is 48.7 Å². The lowest BCUT2D eigenvalue weighted by Crippen LogP contribution is -2.44. The topological polar surface area (TPSA) is 85.6 Å². The number of aromatic amines is 1. The maximum atomic E-state index is 9.48. The lowest BCUT2D eigenvalue weighted by atomic mass is 10.2. The average molecular weight is 319 g/mol. The Morgan fingerprint density at radius 2 is 2.04 bits per heavy atom. The van der Waals surface area contributed by atoms with Crippen LogP contribution in [0.1, 0.15) is 5.56 Å². The number of H-pyrrole nitrogens is 1. The molecule has 1 aliphatic rings. The number of nitrogens with one attached hydrogen (secondary N) is 2. The predicted molar refractivity (Wildman–Crippen MR) is 90.9 cm³/mol. The Kier molecular flexibility index (Phi) is 3.73. The van der Waals surface area contributed by atoms with Gasteiger partial charge < -0.3 is 15.2 Å². The smallest absolute Gasteiger partial charge is 0.138 e. The molecule has 2 N–H and O–H groups in total. The van der Waals surface area contributed by atoms with Crippen LogP contribution in [0.15, 0.2) is 43.1 Å². The fourth-order valence-electron chi connectivity index (χ4n) is 2.94. The van der Waals surface area contributed by atoms with Gasteiger partial charge in [0.05, 0.1) is 5.56 Å². The summed E-state index contributed by atoms with van der Waals surface area (Å²) in [5.41, 5.74) is 2.59. The molecule has 4 heterocycles. The maximum Gasteiger partial charge on any atom is 0.138 e. The zero-order chi connectivity index (χ0) is 16.4. The number of anilines is 1. The first-order chi connectivity index (χ1) is 11.8. The molecular formula is C17H17N7. The Hall–Kier alpha value is -3.11. The molecule has 1 saturated heterocycles. The van der Waals surface area contributed by atoms with Crippen molar-refractivity contribution in [1.82, 2.24) is 24.8 Å². The van der Waals surface area contributed by atoms with Crippen LogP contribution in [0.3, 0.4) is 0 Å². The van der Waals surface area contributed by atoms with Crippen molar-refractivity contribution in [2.24, 2.45) is 0 Å². The summed E-state index contributed by atoms with van der Waals surface area (Å²) in [6, 6.07) is 8.13. The minimum Gasteiger partial charge on any atom is -0.355 e. The Labute approximate surface area is 139 Å². The lowest BCUT2D eigenvalue weighted by molar-refractivity contribution is 0.585. The largest absolute Gasteiger partial charge is 0.355 e. The molecule has 0 spiro atoms. The normalized spacial score (nSPS) is 14.5. The van der Waals surface area contributed by atoms with Crippen molar-refractivity contribution in [2.45, 2.75) is 0 Å². The van der Waals surface area contributed by atoms with Crippen LogP contribution in [-0.2, 0) is 0 Å². The summed E-state index contributed by atoms with van der Waals surface area (Å²) in [6.45, 7) is 3.65. The van der Waals surface area contributed by atoms with Crippen LogP contribution in [0.5, 0.6) is 0 Å². The molecule has 4 rings (SSSR count). The number of imidazole rings is 1. The number of piperazine rings is 1. The van der Waals surface area contributed by atoms with Crippen LogP contribution in [0.25, 0.3) is 17.1 Å². The second kappa shape index (κ2) is 6.18. The van der Waals surface area contributed by atoms with Gasteiger partial charge in [0.25, 0.3) is 0 Å². The molecule has 3 aromatic heterocycles. The molecule has 0 amide bonds. The van der Waals surface area contributed by atoms with E-state index in [0.717, 1.165) is 49.1 Å². The van der Waals surface area contributed by atoms with E-state index < -0.39 is 0 Å². The van der Waals surface area contributed by atoms with E-state index in [0.29, 0.717) is 5.56 Å². The van der Waals surface area contributed by atoms with Crippen molar-refractivity contribution >= 4 is 5.82 Å². The van der Waals surface area contributed by atoms with Gasteiger partial charge >= 0.3 is 0 Å². The Balaban J connectivity index is 1.71. The third-order valence-electron chi connectivity index (χ3n) is 4.18. The number of hydrogen-bond acceptors (Lipinski definition) is 5. The zero-order valence-electron chi connectivity index (χ0n) is 13.1. The Morgan fingerprint density at radius 3 is 2.79 bits per heavy atom. The van der Waals surface area contributed by atoms with E-state index >= 15 is 0 Å². The molecule has 3 aromatic rings. The number of hydrogen-bond donors (Lipinski definition) is 2. The molecule has 0 bridgehead atoms. The van der Waals surface area contributed by atoms with E-state index in [2.05, 4.69) is 31.2 Å². The number of nitrogens with zero attached hydrogens (tertiary/aromatic N) is 5. The second-order valence-electron chi connectivity index (χ2n) is 5.67. The van der Waals surface area contributed by atoms with Gasteiger partial charge in [-0.1, -0.05) is 0 Å². The molecule has 7 heteroatoms. The van der Waals surface area contributed by atoms with Gasteiger partial charge in [0.2, 0.25) is 0 Å². The van der Waals surface area contributed by atoms with Crippen molar-refractivity contribution in [3.8, 4) is 23.1 Å². The van der Waals surface area contributed by atoms with E-state index in [1.54, 1.807) is 18.7 Å². The van der Waals surface area contributed by atoms with Gasteiger partial charge in [-0.25, -0.2) is 9.97 Å². The van der Waals surface area contributed by atoms with Gasteiger partial charge in [0.15, 0.2) is 0 Å². The average Bonchev–Trinajstić information content (AvgIpc) is 3.32. The van der Waals surface area contributed by atoms with Gasteiger partial charge in [-0.2, -0.15) is 5.26 Å². The first-order valence-corrected chi connectivity index (χ1v) is 7.89. The summed E-state index contributed by atoms with van der Waals surface area (Å²) in [4.78, 5) is 14.1. The van der Waals surface area contributed by atoms with Crippen LogP contribution >= 0.6 is 0 Å². The highest BCUT2D eigenvalue weighted by Crippen LogP contribution is 2.28. The molecule has 7 nitrogen and oxygen atoms in total. The standard InChI is InChI=1S/C17H17N7/c18-11-14-9-15(22-17(14)23-6-3-19-4-7-23)13-1-2-21-16(10-13)24-8-5-20-12-24/h1-2,5,8-10,12,19,22H,3-4,6-7H2. The van der Waals surface area contributed by atoms with Gasteiger partial charge in [-0.05, 0) is 18.2 Å². The van der Waals surface area contributed by atoms with E-state index in [-0.39, 0.29) is 0 Å². The van der Waals surface area contributed by atoms with Gasteiger partial charge in [-0.15, -0.1) is 0 Å². The molecule has 1 fully saturated rings. The monoisotopic (exact) mass is 319 g/mol. The van der Waals surface area contributed by atoms with E-state index in [1.807, 2.05) is 29.0 Å². The molecule has 1 aliphatic heterocycles. The summed E-state index contributed by atoms with van der Waals surface area (Å²) in [5.74, 6) is 1.69. The molecule has 0 aliphatic carbocycles. The summed E-state index contributed by atoms with van der Waals surface area (Å²) in [6.07, 6.45) is 7.06. The van der Waals surface area contributed by atoms with Crippen LogP contribution < -0.4 is 10.2 Å². The molecule has 0 radical (unpaired) electrons. The summed E-state index contributed by atoms with van der Waals surface area (Å²) < 4.78 is 1.86. The summed E-state index contributed by atoms with van der Waals surface area (Å²) in [5, 5.41) is 12.8. The second-order valence-corrected chi connectivity index (χ2v) is 5.67. The summed E-state index contributed by atoms with van der Waals surface area (Å²) in [7, 11) is 0. The zero-order valence-corrected chi connectivity index (χ0v) is 13.1. The third kappa shape index (κ3) is 2.64. The minimum absolute atomic E-state index is 0.674. The van der Waals surface area contributed by atoms with Gasteiger partial charge in [-0.3, -0.25) is 4.57 Å². The lowest BCUT2D eigenvalue weighted by Gasteiger charge is -2.28. The van der Waals surface area contributed by atoms with E-state index in [9.17, 15) is 5.26 Å². The number of nitriles is 1. The quantitative estimate of drug-likeness (QED) is 0.765. The number of aromatic nitrogens is 4. The summed E-state index contributed by atoms with van der Waals surface area (Å²) >= 11 is 0. The fourth-order valence-corrected chi connectivity index (χ4v) is 2.94.